The first kappa shape index (κ1) is 24.6. The summed E-state index contributed by atoms with van der Waals surface area (Å²) in [4.78, 5) is 7.54. The second-order valence-corrected chi connectivity index (χ2v) is 11.2. The number of benzene rings is 7. The molecule has 2 heterocycles. The smallest absolute Gasteiger partial charge is 0.144 e. The first-order valence-corrected chi connectivity index (χ1v) is 14.9. The highest BCUT2D eigenvalue weighted by Crippen LogP contribution is 2.42. The quantitative estimate of drug-likeness (QED) is 0.200. The summed E-state index contributed by atoms with van der Waals surface area (Å²) in [5.74, 6) is 0. The third-order valence-corrected chi connectivity index (χ3v) is 8.63. The van der Waals surface area contributed by atoms with E-state index in [9.17, 15) is 0 Å². The largest absolute Gasteiger partial charge is 0.455 e. The first-order chi connectivity index (χ1) is 21.8. The zero-order valence-electron chi connectivity index (χ0n) is 23.8. The van der Waals surface area contributed by atoms with E-state index in [4.69, 9.17) is 9.40 Å². The highest BCUT2D eigenvalue weighted by Gasteiger charge is 2.19. The summed E-state index contributed by atoms with van der Waals surface area (Å²) < 4.78 is 6.51. The molecule has 0 fully saturated rings. The van der Waals surface area contributed by atoms with E-state index in [0.29, 0.717) is 0 Å². The second-order valence-electron chi connectivity index (χ2n) is 11.2. The number of pyridine rings is 1. The van der Waals surface area contributed by atoms with Gasteiger partial charge in [-0.1, -0.05) is 109 Å². The van der Waals surface area contributed by atoms with Crippen molar-refractivity contribution in [1.82, 2.24) is 4.98 Å². The van der Waals surface area contributed by atoms with Crippen molar-refractivity contribution in [3.8, 4) is 11.3 Å². The molecule has 0 spiro atoms. The third-order valence-electron chi connectivity index (χ3n) is 8.63. The van der Waals surface area contributed by atoms with Crippen LogP contribution in [-0.2, 0) is 0 Å². The molecule has 9 rings (SSSR count). The number of fused-ring (bicyclic) bond motifs is 8. The minimum absolute atomic E-state index is 0.899. The Bertz CT molecular complexity index is 2490. The molecule has 3 heteroatoms. The van der Waals surface area contributed by atoms with Gasteiger partial charge in [-0.2, -0.15) is 0 Å². The molecule has 0 radical (unpaired) electrons. The van der Waals surface area contributed by atoms with Crippen LogP contribution in [0.1, 0.15) is 0 Å². The van der Waals surface area contributed by atoms with Crippen LogP contribution in [0.15, 0.2) is 162 Å². The Kier molecular flexibility index (Phi) is 5.50. The van der Waals surface area contributed by atoms with Gasteiger partial charge in [-0.05, 0) is 53.9 Å². The highest BCUT2D eigenvalue weighted by atomic mass is 16.3. The molecule has 0 bridgehead atoms. The van der Waals surface area contributed by atoms with E-state index in [1.807, 2.05) is 12.1 Å². The lowest BCUT2D eigenvalue weighted by Gasteiger charge is -2.27. The fourth-order valence-corrected chi connectivity index (χ4v) is 6.61. The van der Waals surface area contributed by atoms with E-state index in [0.717, 1.165) is 71.9 Å². The van der Waals surface area contributed by atoms with Crippen LogP contribution in [0, 0.1) is 0 Å². The van der Waals surface area contributed by atoms with Crippen molar-refractivity contribution in [3.05, 3.63) is 158 Å². The summed E-state index contributed by atoms with van der Waals surface area (Å²) in [5.41, 5.74) is 8.11. The Morgan fingerprint density at radius 2 is 1.11 bits per heavy atom. The molecule has 9 aromatic rings. The molecule has 44 heavy (non-hydrogen) atoms. The predicted molar refractivity (Wildman–Crippen MR) is 184 cm³/mol. The molecule has 206 valence electrons. The number of hydrogen-bond donors (Lipinski definition) is 0. The Morgan fingerprint density at radius 1 is 0.455 bits per heavy atom. The van der Waals surface area contributed by atoms with Gasteiger partial charge < -0.3 is 9.32 Å². The Balaban J connectivity index is 1.25. The second kappa shape index (κ2) is 9.82. The van der Waals surface area contributed by atoms with Crippen molar-refractivity contribution < 1.29 is 4.42 Å². The predicted octanol–water partition coefficient (Wildman–Crippen LogP) is 11.6. The molecule has 0 aliphatic carbocycles. The number of anilines is 3. The average molecular weight is 563 g/mol. The minimum Gasteiger partial charge on any atom is -0.455 e. The summed E-state index contributed by atoms with van der Waals surface area (Å²) in [5, 5.41) is 7.96. The van der Waals surface area contributed by atoms with Gasteiger partial charge in [0, 0.05) is 49.3 Å². The highest BCUT2D eigenvalue weighted by molar-refractivity contribution is 6.24. The van der Waals surface area contributed by atoms with Gasteiger partial charge in [0.15, 0.2) is 0 Å². The maximum absolute atomic E-state index is 6.51. The maximum atomic E-state index is 6.51. The van der Waals surface area contributed by atoms with Crippen LogP contribution in [0.5, 0.6) is 0 Å². The summed E-state index contributed by atoms with van der Waals surface area (Å²) in [6.07, 6.45) is 0. The number of para-hydroxylation sites is 3. The lowest BCUT2D eigenvalue weighted by atomic mass is 9.97. The summed E-state index contributed by atoms with van der Waals surface area (Å²) in [6, 6.07) is 55.4. The standard InChI is InChI=1S/C41H26N2O/c1-2-13-29(14-3-1)43(37-19-10-12-27-11-4-5-15-31(27)37)30-23-21-28(22-24-30)40-35-26-25-33-32-16-7-9-20-38(32)44-41(33)39(35)34-17-6-8-18-36(34)42-40/h1-26H. The molecule has 0 atom stereocenters. The zero-order chi connectivity index (χ0) is 29.0. The Hall–Kier alpha value is -5.93. The van der Waals surface area contributed by atoms with Crippen molar-refractivity contribution in [3.63, 3.8) is 0 Å². The molecular formula is C41H26N2O. The summed E-state index contributed by atoms with van der Waals surface area (Å²) in [6.45, 7) is 0. The van der Waals surface area contributed by atoms with Crippen LogP contribution >= 0.6 is 0 Å². The monoisotopic (exact) mass is 562 g/mol. The molecule has 2 aromatic heterocycles. The first-order valence-electron chi connectivity index (χ1n) is 14.9. The normalized spacial score (nSPS) is 11.6. The van der Waals surface area contributed by atoms with Crippen LogP contribution in [-0.4, -0.2) is 4.98 Å². The fourth-order valence-electron chi connectivity index (χ4n) is 6.61. The molecule has 0 N–H and O–H groups in total. The van der Waals surface area contributed by atoms with Gasteiger partial charge in [-0.3, -0.25) is 0 Å². The van der Waals surface area contributed by atoms with E-state index in [2.05, 4.69) is 150 Å². The topological polar surface area (TPSA) is 29.3 Å². The maximum Gasteiger partial charge on any atom is 0.144 e. The third kappa shape index (κ3) is 3.80. The number of nitrogens with zero attached hydrogens (tertiary/aromatic N) is 2. The van der Waals surface area contributed by atoms with E-state index >= 15 is 0 Å². The number of furan rings is 1. The van der Waals surface area contributed by atoms with Crippen LogP contribution in [0.4, 0.5) is 17.1 Å². The van der Waals surface area contributed by atoms with Gasteiger partial charge in [0.2, 0.25) is 0 Å². The van der Waals surface area contributed by atoms with Gasteiger partial charge in [0.25, 0.3) is 0 Å². The van der Waals surface area contributed by atoms with Crippen LogP contribution in [0.3, 0.4) is 0 Å². The number of aromatic nitrogens is 1. The molecule has 0 amide bonds. The van der Waals surface area contributed by atoms with Crippen molar-refractivity contribution in [2.45, 2.75) is 0 Å². The van der Waals surface area contributed by atoms with Crippen LogP contribution in [0.25, 0.3) is 65.6 Å². The fraction of sp³-hybridized carbons (Fsp3) is 0. The lowest BCUT2D eigenvalue weighted by molar-refractivity contribution is 0.673. The van der Waals surface area contributed by atoms with Gasteiger partial charge >= 0.3 is 0 Å². The molecule has 0 saturated heterocycles. The molecule has 3 nitrogen and oxygen atoms in total. The van der Waals surface area contributed by atoms with Crippen LogP contribution < -0.4 is 4.90 Å². The van der Waals surface area contributed by atoms with Gasteiger partial charge in [-0.25, -0.2) is 4.98 Å². The molecule has 0 aliphatic heterocycles. The average Bonchev–Trinajstić information content (AvgIpc) is 3.48. The zero-order valence-corrected chi connectivity index (χ0v) is 23.8. The Morgan fingerprint density at radius 3 is 1.98 bits per heavy atom. The van der Waals surface area contributed by atoms with Crippen LogP contribution in [0.2, 0.25) is 0 Å². The van der Waals surface area contributed by atoms with Crippen molar-refractivity contribution in [2.24, 2.45) is 0 Å². The van der Waals surface area contributed by atoms with Crippen molar-refractivity contribution >= 4 is 71.4 Å². The SMILES string of the molecule is c1ccc(N(c2ccc(-c3nc4ccccc4c4c3ccc3c5ccccc5oc34)cc2)c2cccc3ccccc23)cc1. The van der Waals surface area contributed by atoms with E-state index in [1.54, 1.807) is 0 Å². The molecule has 0 saturated carbocycles. The molecule has 0 unspecified atom stereocenters. The van der Waals surface area contributed by atoms with E-state index in [-0.39, 0.29) is 0 Å². The number of hydrogen-bond acceptors (Lipinski definition) is 3. The van der Waals surface area contributed by atoms with Crippen molar-refractivity contribution in [2.75, 3.05) is 4.90 Å². The van der Waals surface area contributed by atoms with E-state index < -0.39 is 0 Å². The van der Waals surface area contributed by atoms with Gasteiger partial charge in [-0.15, -0.1) is 0 Å². The van der Waals surface area contributed by atoms with Gasteiger partial charge in [0.1, 0.15) is 11.2 Å². The van der Waals surface area contributed by atoms with Crippen molar-refractivity contribution in [1.29, 1.82) is 0 Å². The molecule has 7 aromatic carbocycles. The Labute approximate surface area is 254 Å². The number of rotatable bonds is 4. The molecule has 0 aliphatic rings. The van der Waals surface area contributed by atoms with Gasteiger partial charge in [0.05, 0.1) is 16.9 Å². The molecular weight excluding hydrogens is 536 g/mol. The summed E-state index contributed by atoms with van der Waals surface area (Å²) >= 11 is 0. The summed E-state index contributed by atoms with van der Waals surface area (Å²) in [7, 11) is 0. The van der Waals surface area contributed by atoms with E-state index in [1.165, 1.54) is 10.8 Å². The minimum atomic E-state index is 0.899. The lowest BCUT2D eigenvalue weighted by Crippen LogP contribution is -2.10.